The highest BCUT2D eigenvalue weighted by atomic mass is 28.5. The van der Waals surface area contributed by atoms with Crippen LogP contribution in [0.1, 0.15) is 0 Å². The van der Waals surface area contributed by atoms with Gasteiger partial charge in [-0.3, -0.25) is 9.15 Å². The largest absolute Gasteiger partial charge is 0.440 e. The van der Waals surface area contributed by atoms with E-state index in [2.05, 4.69) is 98.2 Å². The van der Waals surface area contributed by atoms with E-state index in [1.165, 1.54) is 0 Å². The lowest BCUT2D eigenvalue weighted by Crippen LogP contribution is -2.61. The average Bonchev–Trinajstić information content (AvgIpc) is 2.49. The summed E-state index contributed by atoms with van der Waals surface area (Å²) in [6, 6.07) is 0. The third-order valence-corrected chi connectivity index (χ3v) is 37.4. The molecule has 248 valence electrons. The topological polar surface area (TPSA) is 92.3 Å². The molecule has 0 spiro atoms. The summed E-state index contributed by atoms with van der Waals surface area (Å²) in [5.41, 5.74) is 0. The number of hydrogen-bond acceptors (Lipinski definition) is 10. The first-order valence-corrected chi connectivity index (χ1v) is 43.2. The van der Waals surface area contributed by atoms with E-state index < -0.39 is 85.8 Å². The van der Waals surface area contributed by atoms with Crippen LogP contribution in [-0.2, 0) is 42.1 Å². The Hall–Kier alpha value is 1.77. The Balaban J connectivity index is 5.37. The minimum atomic E-state index is -2.65. The minimum Gasteiger partial charge on any atom is -0.440 e. The molecule has 0 aromatic heterocycles. The monoisotopic (exact) mass is 756 g/mol. The van der Waals surface area contributed by atoms with E-state index in [0.717, 1.165) is 0 Å². The molecule has 0 rings (SSSR count). The molecule has 0 fully saturated rings. The van der Waals surface area contributed by atoms with E-state index in [4.69, 9.17) is 42.1 Å². The highest BCUT2D eigenvalue weighted by molar-refractivity contribution is 6.92. The lowest BCUT2D eigenvalue weighted by molar-refractivity contribution is -0.138. The van der Waals surface area contributed by atoms with Gasteiger partial charge in [-0.15, -0.1) is 0 Å². The second kappa shape index (κ2) is 14.7. The van der Waals surface area contributed by atoms with Crippen molar-refractivity contribution in [2.45, 2.75) is 137 Å². The van der Waals surface area contributed by atoms with Crippen LogP contribution >= 0.6 is 0 Å². The highest BCUT2D eigenvalue weighted by Crippen LogP contribution is 2.29. The third kappa shape index (κ3) is 21.2. The van der Waals surface area contributed by atoms with E-state index >= 15 is 0 Å². The van der Waals surface area contributed by atoms with Gasteiger partial charge in [0, 0.05) is 0 Å². The molecule has 0 radical (unpaired) electrons. The Morgan fingerprint density at radius 2 is 0.512 bits per heavy atom. The molecule has 0 bridgehead atoms. The normalized spacial score (nSPS) is 15.7. The van der Waals surface area contributed by atoms with Crippen molar-refractivity contribution in [1.29, 1.82) is 0 Å². The fraction of sp³-hybridized carbons (Fsp3) is 1.00. The molecule has 20 heteroatoms. The van der Waals surface area contributed by atoms with Gasteiger partial charge in [0.15, 0.2) is 9.04 Å². The first-order valence-electron chi connectivity index (χ1n) is 14.5. The molecule has 0 aromatic rings. The molecule has 0 saturated heterocycles. The van der Waals surface area contributed by atoms with E-state index in [9.17, 15) is 0 Å². The lowest BCUT2D eigenvalue weighted by atomic mass is 11.8. The molecule has 0 aliphatic heterocycles. The van der Waals surface area contributed by atoms with Crippen LogP contribution in [0, 0.1) is 0 Å². The van der Waals surface area contributed by atoms with Crippen molar-refractivity contribution < 1.29 is 42.1 Å². The van der Waals surface area contributed by atoms with Crippen LogP contribution in [0.4, 0.5) is 0 Å². The van der Waals surface area contributed by atoms with E-state index in [1.807, 2.05) is 39.3 Å². The van der Waals surface area contributed by atoms with Crippen LogP contribution in [0.25, 0.3) is 0 Å². The van der Waals surface area contributed by atoms with Gasteiger partial charge in [0.2, 0.25) is 8.32 Å². The fourth-order valence-electron chi connectivity index (χ4n) is 5.10. The predicted molar refractivity (Wildman–Crippen MR) is 193 cm³/mol. The summed E-state index contributed by atoms with van der Waals surface area (Å²) in [5, 5.41) is 0. The Kier molecular flexibility index (Phi) is 15.3. The average molecular weight is 758 g/mol. The second-order valence-electron chi connectivity index (χ2n) is 15.4. The Morgan fingerprint density at radius 1 is 0.293 bits per heavy atom. The van der Waals surface area contributed by atoms with Crippen LogP contribution in [0.5, 0.6) is 0 Å². The zero-order chi connectivity index (χ0) is 33.1. The van der Waals surface area contributed by atoms with Gasteiger partial charge in [0.05, 0.1) is 0 Å². The van der Waals surface area contributed by atoms with Gasteiger partial charge >= 0.3 is 68.5 Å². The summed E-state index contributed by atoms with van der Waals surface area (Å²) in [6.45, 7) is 43.4. The first kappa shape index (κ1) is 42.8. The van der Waals surface area contributed by atoms with Crippen LogP contribution in [0.15, 0.2) is 0 Å². The van der Waals surface area contributed by atoms with Crippen molar-refractivity contribution >= 4 is 85.8 Å². The maximum atomic E-state index is 6.71. The molecule has 0 aliphatic carbocycles. The molecular formula is C21H64O10Si10. The summed E-state index contributed by atoms with van der Waals surface area (Å²) in [7, 11) is -23.5. The summed E-state index contributed by atoms with van der Waals surface area (Å²) < 4.78 is 64.0. The zero-order valence-electron chi connectivity index (χ0n) is 30.2. The molecule has 41 heavy (non-hydrogen) atoms. The Bertz CT molecular complexity index is 830. The molecule has 0 amide bonds. The van der Waals surface area contributed by atoms with Crippen LogP contribution in [0.2, 0.25) is 137 Å². The summed E-state index contributed by atoms with van der Waals surface area (Å²) in [4.78, 5) is 0. The van der Waals surface area contributed by atoms with Gasteiger partial charge in [-0.25, -0.2) is 0 Å². The number of rotatable bonds is 19. The molecule has 10 nitrogen and oxygen atoms in total. The summed E-state index contributed by atoms with van der Waals surface area (Å²) in [6.07, 6.45) is 0. The van der Waals surface area contributed by atoms with E-state index in [-0.39, 0.29) is 0 Å². The van der Waals surface area contributed by atoms with Crippen molar-refractivity contribution in [1.82, 2.24) is 0 Å². The van der Waals surface area contributed by atoms with Crippen LogP contribution < -0.4 is 0 Å². The molecule has 0 atom stereocenters. The van der Waals surface area contributed by atoms with Crippen molar-refractivity contribution in [3.63, 3.8) is 0 Å². The van der Waals surface area contributed by atoms with Crippen molar-refractivity contribution in [3.8, 4) is 0 Å². The summed E-state index contributed by atoms with van der Waals surface area (Å²) >= 11 is 0. The standard InChI is InChI=1S/C21H64O10Si10/c1-32(2)24-35(8,9)26-37(12,13)28-39(16,17)30-41(20,21)31-40(18,19)29-38(14,15)27-36(10,11)25-34(6,7)23-22-33(3,4)5/h32H,1-21H3. The molecule has 0 heterocycles. The van der Waals surface area contributed by atoms with Crippen molar-refractivity contribution in [2.24, 2.45) is 0 Å². The minimum absolute atomic E-state index is 1.21. The Morgan fingerprint density at radius 3 is 0.732 bits per heavy atom. The zero-order valence-corrected chi connectivity index (χ0v) is 40.3. The fourth-order valence-corrected chi connectivity index (χ4v) is 48.6. The molecular weight excluding hydrogens is 693 g/mol. The van der Waals surface area contributed by atoms with Gasteiger partial charge in [-0.05, 0) is 137 Å². The van der Waals surface area contributed by atoms with Crippen molar-refractivity contribution in [2.75, 3.05) is 0 Å². The maximum Gasteiger partial charge on any atom is 0.358 e. The van der Waals surface area contributed by atoms with Gasteiger partial charge < -0.3 is 32.9 Å². The van der Waals surface area contributed by atoms with Gasteiger partial charge in [-0.2, -0.15) is 0 Å². The van der Waals surface area contributed by atoms with Crippen LogP contribution in [0.3, 0.4) is 0 Å². The Labute approximate surface area is 264 Å². The maximum absolute atomic E-state index is 6.71. The summed E-state index contributed by atoms with van der Waals surface area (Å²) in [5.74, 6) is 0. The van der Waals surface area contributed by atoms with Gasteiger partial charge in [0.25, 0.3) is 0 Å². The smallest absolute Gasteiger partial charge is 0.358 e. The van der Waals surface area contributed by atoms with Gasteiger partial charge in [-0.1, -0.05) is 0 Å². The number of hydrogen-bond donors (Lipinski definition) is 0. The first-order chi connectivity index (χ1) is 17.6. The third-order valence-electron chi connectivity index (χ3n) is 4.45. The molecule has 0 N–H and O–H groups in total. The van der Waals surface area contributed by atoms with Crippen LogP contribution in [-0.4, -0.2) is 85.8 Å². The lowest BCUT2D eigenvalue weighted by Gasteiger charge is -2.44. The predicted octanol–water partition coefficient (Wildman–Crippen LogP) is 7.50. The van der Waals surface area contributed by atoms with E-state index in [1.54, 1.807) is 0 Å². The van der Waals surface area contributed by atoms with Crippen molar-refractivity contribution in [3.05, 3.63) is 0 Å². The van der Waals surface area contributed by atoms with Gasteiger partial charge in [0.1, 0.15) is 0 Å². The SMILES string of the molecule is C[SiH](C)O[Si](C)(C)O[Si](C)(C)O[Si](C)(C)O[Si](C)(C)O[Si](C)(C)O[Si](C)(C)O[Si](C)(C)O[Si](C)(C)OO[Si](C)(C)C. The molecule has 0 aromatic carbocycles. The highest BCUT2D eigenvalue weighted by Gasteiger charge is 2.50. The second-order valence-corrected chi connectivity index (χ2v) is 51.1. The molecule has 0 saturated carbocycles. The van der Waals surface area contributed by atoms with E-state index in [0.29, 0.717) is 0 Å². The quantitative estimate of drug-likeness (QED) is 0.0750. The molecule has 0 aliphatic rings. The molecule has 0 unspecified atom stereocenters.